The zero-order chi connectivity index (χ0) is 19.7. The van der Waals surface area contributed by atoms with Gasteiger partial charge in [-0.1, -0.05) is 0 Å². The van der Waals surface area contributed by atoms with Crippen LogP contribution in [-0.4, -0.2) is 35.9 Å². The molecule has 7 heteroatoms. The highest BCUT2D eigenvalue weighted by Crippen LogP contribution is 2.42. The molecule has 1 heterocycles. The van der Waals surface area contributed by atoms with Gasteiger partial charge in [0.15, 0.2) is 0 Å². The maximum atomic E-state index is 14.3. The average Bonchev–Trinajstić information content (AvgIpc) is 3.51. The van der Waals surface area contributed by atoms with Gasteiger partial charge in [-0.15, -0.1) is 0 Å². The Balaban J connectivity index is 1.37. The van der Waals surface area contributed by atoms with Gasteiger partial charge >= 0.3 is 0 Å². The van der Waals surface area contributed by atoms with Crippen molar-refractivity contribution < 1.29 is 18.0 Å². The van der Waals surface area contributed by atoms with Crippen LogP contribution in [0.4, 0.5) is 13.2 Å². The van der Waals surface area contributed by atoms with Crippen molar-refractivity contribution >= 4 is 16.8 Å². The second kappa shape index (κ2) is 8.07. The van der Waals surface area contributed by atoms with Gasteiger partial charge in [-0.25, -0.2) is 13.2 Å². The van der Waals surface area contributed by atoms with Crippen LogP contribution in [0.15, 0.2) is 24.4 Å². The van der Waals surface area contributed by atoms with E-state index in [-0.39, 0.29) is 30.4 Å². The van der Waals surface area contributed by atoms with E-state index in [2.05, 4.69) is 15.6 Å². The Labute approximate surface area is 161 Å². The van der Waals surface area contributed by atoms with E-state index in [0.717, 1.165) is 44.1 Å². The molecule has 2 aliphatic carbocycles. The fourth-order valence-electron chi connectivity index (χ4n) is 3.96. The van der Waals surface area contributed by atoms with E-state index in [9.17, 15) is 18.0 Å². The number of halogens is 3. The summed E-state index contributed by atoms with van der Waals surface area (Å²) in [4.78, 5) is 16.9. The van der Waals surface area contributed by atoms with Gasteiger partial charge in [-0.3, -0.25) is 9.78 Å². The second-order valence-electron chi connectivity index (χ2n) is 7.89. The van der Waals surface area contributed by atoms with E-state index in [4.69, 9.17) is 0 Å². The molecule has 2 N–H and O–H groups in total. The predicted molar refractivity (Wildman–Crippen MR) is 101 cm³/mol. The summed E-state index contributed by atoms with van der Waals surface area (Å²) in [5, 5.41) is 6.47. The molecule has 150 valence electrons. The Bertz CT molecular complexity index is 861. The standard InChI is InChI=1S/C21H24F3N3O/c22-18-8-13-7-14(10-26-19(13)9-17(18)12-1-2-12)21(28)27-16-5-3-15(4-6-16)25-11-20(23)24/h7-10,12,15-16,20,25H,1-6,11H2,(H,27,28)/t15-,16-. The number of nitrogens with one attached hydrogen (secondary N) is 2. The Morgan fingerprint density at radius 3 is 2.46 bits per heavy atom. The van der Waals surface area contributed by atoms with Gasteiger partial charge in [0.2, 0.25) is 0 Å². The highest BCUT2D eigenvalue weighted by molar-refractivity contribution is 5.97. The fourth-order valence-corrected chi connectivity index (χ4v) is 3.96. The summed E-state index contributed by atoms with van der Waals surface area (Å²) < 4.78 is 38.8. The molecule has 0 radical (unpaired) electrons. The first kappa shape index (κ1) is 19.2. The molecule has 4 nitrogen and oxygen atoms in total. The number of hydrogen-bond donors (Lipinski definition) is 2. The Morgan fingerprint density at radius 1 is 1.07 bits per heavy atom. The lowest BCUT2D eigenvalue weighted by molar-refractivity contribution is 0.0922. The largest absolute Gasteiger partial charge is 0.349 e. The SMILES string of the molecule is O=C(N[C@H]1CC[C@H](NCC(F)F)CC1)c1cnc2cc(C3CC3)c(F)cc2c1. The van der Waals surface area contributed by atoms with E-state index >= 15 is 0 Å². The maximum Gasteiger partial charge on any atom is 0.253 e. The van der Waals surface area contributed by atoms with Gasteiger partial charge < -0.3 is 10.6 Å². The minimum absolute atomic E-state index is 0.0155. The zero-order valence-electron chi connectivity index (χ0n) is 15.6. The summed E-state index contributed by atoms with van der Waals surface area (Å²) in [5.41, 5.74) is 1.82. The number of fused-ring (bicyclic) bond motifs is 1. The molecule has 0 aliphatic heterocycles. The summed E-state index contributed by atoms with van der Waals surface area (Å²) in [6, 6.07) is 5.02. The highest BCUT2D eigenvalue weighted by Gasteiger charge is 2.27. The van der Waals surface area contributed by atoms with Crippen LogP contribution in [0, 0.1) is 5.82 Å². The van der Waals surface area contributed by atoms with E-state index < -0.39 is 6.43 Å². The number of alkyl halides is 2. The van der Waals surface area contributed by atoms with Crippen molar-refractivity contribution in [1.29, 1.82) is 0 Å². The molecule has 4 rings (SSSR count). The number of aromatic nitrogens is 1. The molecule has 2 aromatic rings. The van der Waals surface area contributed by atoms with Crippen molar-refractivity contribution in [1.82, 2.24) is 15.6 Å². The molecule has 2 fully saturated rings. The number of pyridine rings is 1. The zero-order valence-corrected chi connectivity index (χ0v) is 15.6. The molecule has 1 aromatic carbocycles. The number of carbonyl (C=O) groups excluding carboxylic acids is 1. The van der Waals surface area contributed by atoms with Crippen molar-refractivity contribution in [3.8, 4) is 0 Å². The third kappa shape index (κ3) is 4.46. The minimum atomic E-state index is -2.34. The first-order valence-electron chi connectivity index (χ1n) is 9.91. The summed E-state index contributed by atoms with van der Waals surface area (Å²) >= 11 is 0. The van der Waals surface area contributed by atoms with Crippen LogP contribution in [0.25, 0.3) is 10.9 Å². The average molecular weight is 391 g/mol. The van der Waals surface area contributed by atoms with Crippen molar-refractivity contribution in [3.05, 3.63) is 41.3 Å². The molecule has 0 saturated heterocycles. The van der Waals surface area contributed by atoms with Gasteiger partial charge in [0.1, 0.15) is 5.82 Å². The van der Waals surface area contributed by atoms with E-state index in [1.807, 2.05) is 0 Å². The number of nitrogens with zero attached hydrogens (tertiary/aromatic N) is 1. The summed E-state index contributed by atoms with van der Waals surface area (Å²) in [6.45, 7) is -0.288. The first-order valence-corrected chi connectivity index (χ1v) is 9.91. The van der Waals surface area contributed by atoms with Gasteiger partial charge in [0, 0.05) is 23.7 Å². The Kier molecular flexibility index (Phi) is 5.53. The van der Waals surface area contributed by atoms with Crippen molar-refractivity contribution in [2.45, 2.75) is 63.0 Å². The van der Waals surface area contributed by atoms with Crippen LogP contribution in [0.3, 0.4) is 0 Å². The number of carbonyl (C=O) groups is 1. The van der Waals surface area contributed by atoms with Gasteiger partial charge in [0.05, 0.1) is 17.6 Å². The molecule has 0 atom stereocenters. The first-order chi connectivity index (χ1) is 13.5. The normalized spacial score (nSPS) is 22.6. The molecular weight excluding hydrogens is 367 g/mol. The van der Waals surface area contributed by atoms with Crippen LogP contribution in [0.5, 0.6) is 0 Å². The number of amides is 1. The molecule has 1 amide bonds. The Morgan fingerprint density at radius 2 is 1.79 bits per heavy atom. The molecular formula is C21H24F3N3O. The fraction of sp³-hybridized carbons (Fsp3) is 0.524. The van der Waals surface area contributed by atoms with Crippen molar-refractivity contribution in [2.24, 2.45) is 0 Å². The number of benzene rings is 1. The summed E-state index contributed by atoms with van der Waals surface area (Å²) in [6.07, 6.45) is 4.21. The second-order valence-corrected chi connectivity index (χ2v) is 7.89. The van der Waals surface area contributed by atoms with Crippen molar-refractivity contribution in [2.75, 3.05) is 6.54 Å². The van der Waals surface area contributed by atoms with Crippen LogP contribution < -0.4 is 10.6 Å². The van der Waals surface area contributed by atoms with Crippen LogP contribution in [0.2, 0.25) is 0 Å². The third-order valence-corrected chi connectivity index (χ3v) is 5.70. The van der Waals surface area contributed by atoms with Gasteiger partial charge in [-0.05, 0) is 68.2 Å². The van der Waals surface area contributed by atoms with E-state index in [1.54, 1.807) is 12.1 Å². The topological polar surface area (TPSA) is 54.0 Å². The Hall–Kier alpha value is -2.15. The van der Waals surface area contributed by atoms with Crippen LogP contribution in [0.1, 0.15) is 60.4 Å². The smallest absolute Gasteiger partial charge is 0.253 e. The molecule has 2 saturated carbocycles. The molecule has 0 bridgehead atoms. The van der Waals surface area contributed by atoms with Crippen molar-refractivity contribution in [3.63, 3.8) is 0 Å². The third-order valence-electron chi connectivity index (χ3n) is 5.70. The van der Waals surface area contributed by atoms with E-state index in [0.29, 0.717) is 22.4 Å². The highest BCUT2D eigenvalue weighted by atomic mass is 19.3. The maximum absolute atomic E-state index is 14.3. The number of rotatable bonds is 6. The molecule has 2 aliphatic rings. The van der Waals surface area contributed by atoms with Crippen LogP contribution >= 0.6 is 0 Å². The van der Waals surface area contributed by atoms with E-state index in [1.165, 1.54) is 12.3 Å². The molecule has 28 heavy (non-hydrogen) atoms. The lowest BCUT2D eigenvalue weighted by Gasteiger charge is -2.29. The van der Waals surface area contributed by atoms with Gasteiger partial charge in [0.25, 0.3) is 12.3 Å². The summed E-state index contributed by atoms with van der Waals surface area (Å²) in [5.74, 6) is -0.159. The molecule has 0 unspecified atom stereocenters. The van der Waals surface area contributed by atoms with Gasteiger partial charge in [-0.2, -0.15) is 0 Å². The lowest BCUT2D eigenvalue weighted by atomic mass is 9.91. The minimum Gasteiger partial charge on any atom is -0.349 e. The number of hydrogen-bond acceptors (Lipinski definition) is 3. The lowest BCUT2D eigenvalue weighted by Crippen LogP contribution is -2.43. The molecule has 0 spiro atoms. The predicted octanol–water partition coefficient (Wildman–Crippen LogP) is 4.15. The summed E-state index contributed by atoms with van der Waals surface area (Å²) in [7, 11) is 0. The quantitative estimate of drug-likeness (QED) is 0.778. The monoisotopic (exact) mass is 391 g/mol. The van der Waals surface area contributed by atoms with Crippen LogP contribution in [-0.2, 0) is 0 Å². The molecule has 1 aromatic heterocycles.